The number of hydrogen-bond donors (Lipinski definition) is 0. The third-order valence-electron chi connectivity index (χ3n) is 4.51. The minimum Gasteiger partial charge on any atom is -0.342 e. The van der Waals surface area contributed by atoms with E-state index in [2.05, 4.69) is 14.5 Å². The van der Waals surface area contributed by atoms with Gasteiger partial charge >= 0.3 is 6.18 Å². The van der Waals surface area contributed by atoms with Crippen LogP contribution in [0.1, 0.15) is 43.8 Å². The number of carbonyl (C=O) groups excluding carboxylic acids is 1. The van der Waals surface area contributed by atoms with Crippen molar-refractivity contribution in [3.8, 4) is 0 Å². The van der Waals surface area contributed by atoms with Crippen LogP contribution >= 0.6 is 0 Å². The number of rotatable bonds is 7. The Kier molecular flexibility index (Phi) is 6.87. The Hall–Kier alpha value is -1.57. The Morgan fingerprint density at radius 1 is 1.40 bits per heavy atom. The van der Waals surface area contributed by atoms with Crippen LogP contribution in [-0.4, -0.2) is 65.2 Å². The van der Waals surface area contributed by atoms with E-state index in [0.717, 1.165) is 38.2 Å². The number of alkyl halides is 3. The molecule has 0 bridgehead atoms. The molecule has 2 rings (SSSR count). The van der Waals surface area contributed by atoms with Gasteiger partial charge in [0, 0.05) is 44.4 Å². The summed E-state index contributed by atoms with van der Waals surface area (Å²) in [5.74, 6) is 0.623. The molecule has 1 saturated heterocycles. The fourth-order valence-electron chi connectivity index (χ4n) is 3.25. The molecule has 1 fully saturated rings. The van der Waals surface area contributed by atoms with Crippen molar-refractivity contribution in [2.45, 2.75) is 50.7 Å². The molecule has 25 heavy (non-hydrogen) atoms. The largest absolute Gasteiger partial charge is 0.389 e. The number of nitrogens with zero attached hydrogens (tertiary/aromatic N) is 4. The Morgan fingerprint density at radius 3 is 2.84 bits per heavy atom. The van der Waals surface area contributed by atoms with Gasteiger partial charge in [0.1, 0.15) is 5.82 Å². The summed E-state index contributed by atoms with van der Waals surface area (Å²) in [6.45, 7) is 2.83. The molecule has 0 spiro atoms. The minimum absolute atomic E-state index is 0.0953. The van der Waals surface area contributed by atoms with Crippen LogP contribution in [0.15, 0.2) is 12.4 Å². The quantitative estimate of drug-likeness (QED) is 0.751. The molecule has 1 unspecified atom stereocenters. The van der Waals surface area contributed by atoms with Crippen molar-refractivity contribution in [2.24, 2.45) is 0 Å². The lowest BCUT2D eigenvalue weighted by atomic mass is 9.96. The second kappa shape index (κ2) is 8.69. The van der Waals surface area contributed by atoms with Gasteiger partial charge in [-0.15, -0.1) is 0 Å². The van der Waals surface area contributed by atoms with Gasteiger partial charge in [0.2, 0.25) is 5.91 Å². The van der Waals surface area contributed by atoms with Gasteiger partial charge < -0.3 is 14.4 Å². The first-order valence-electron chi connectivity index (χ1n) is 8.76. The second-order valence-corrected chi connectivity index (χ2v) is 6.93. The molecule has 0 N–H and O–H groups in total. The first-order valence-corrected chi connectivity index (χ1v) is 8.76. The van der Waals surface area contributed by atoms with Crippen molar-refractivity contribution in [3.63, 3.8) is 0 Å². The fourth-order valence-corrected chi connectivity index (χ4v) is 3.25. The van der Waals surface area contributed by atoms with E-state index in [1.165, 1.54) is 0 Å². The number of imidazole rings is 1. The van der Waals surface area contributed by atoms with E-state index in [0.29, 0.717) is 13.1 Å². The molecule has 0 saturated carbocycles. The highest BCUT2D eigenvalue weighted by atomic mass is 19.4. The van der Waals surface area contributed by atoms with E-state index < -0.39 is 24.9 Å². The topological polar surface area (TPSA) is 41.4 Å². The fraction of sp³-hybridized carbons (Fsp3) is 0.765. The monoisotopic (exact) mass is 360 g/mol. The molecular weight excluding hydrogens is 333 g/mol. The SMILES string of the molecule is CN(C)CCCn1ccnc1C1CCCN(C(=O)CCC(F)(F)F)C1. The summed E-state index contributed by atoms with van der Waals surface area (Å²) in [7, 11) is 4.06. The molecule has 142 valence electrons. The van der Waals surface area contributed by atoms with Crippen molar-refractivity contribution >= 4 is 5.91 Å². The average molecular weight is 360 g/mol. The Balaban J connectivity index is 1.92. The first-order chi connectivity index (χ1) is 11.8. The summed E-state index contributed by atoms with van der Waals surface area (Å²) in [5.41, 5.74) is 0. The predicted octanol–water partition coefficient (Wildman–Crippen LogP) is 2.88. The lowest BCUT2D eigenvalue weighted by molar-refractivity contribution is -0.149. The highest BCUT2D eigenvalue weighted by Gasteiger charge is 2.31. The third-order valence-corrected chi connectivity index (χ3v) is 4.51. The molecule has 2 heterocycles. The van der Waals surface area contributed by atoms with Crippen LogP contribution in [0.25, 0.3) is 0 Å². The normalized spacial score (nSPS) is 18.8. The van der Waals surface area contributed by atoms with Crippen molar-refractivity contribution < 1.29 is 18.0 Å². The van der Waals surface area contributed by atoms with Crippen LogP contribution in [0.4, 0.5) is 13.2 Å². The second-order valence-electron chi connectivity index (χ2n) is 6.93. The van der Waals surface area contributed by atoms with Crippen molar-refractivity contribution in [1.29, 1.82) is 0 Å². The predicted molar refractivity (Wildman–Crippen MR) is 89.2 cm³/mol. The van der Waals surface area contributed by atoms with Gasteiger partial charge in [-0.3, -0.25) is 4.79 Å². The van der Waals surface area contributed by atoms with Gasteiger partial charge in [-0.25, -0.2) is 4.98 Å². The Labute approximate surface area is 146 Å². The maximum absolute atomic E-state index is 12.3. The molecule has 1 amide bonds. The van der Waals surface area contributed by atoms with Crippen LogP contribution in [-0.2, 0) is 11.3 Å². The standard InChI is InChI=1S/C17H27F3N4O/c1-22(2)9-4-11-23-12-8-21-16(23)14-5-3-10-24(13-14)15(25)6-7-17(18,19)20/h8,12,14H,3-7,9-11,13H2,1-2H3. The maximum Gasteiger partial charge on any atom is 0.389 e. The zero-order valence-electron chi connectivity index (χ0n) is 14.9. The summed E-state index contributed by atoms with van der Waals surface area (Å²) in [4.78, 5) is 20.2. The lowest BCUT2D eigenvalue weighted by Crippen LogP contribution is -2.40. The van der Waals surface area contributed by atoms with Crippen LogP contribution in [0.3, 0.4) is 0 Å². The molecule has 1 atom stereocenters. The average Bonchev–Trinajstić information content (AvgIpc) is 3.00. The molecule has 0 radical (unpaired) electrons. The number of likely N-dealkylation sites (tertiary alicyclic amines) is 1. The summed E-state index contributed by atoms with van der Waals surface area (Å²) >= 11 is 0. The molecule has 0 aliphatic carbocycles. The number of aromatic nitrogens is 2. The van der Waals surface area contributed by atoms with Crippen molar-refractivity contribution in [2.75, 3.05) is 33.7 Å². The van der Waals surface area contributed by atoms with Crippen LogP contribution in [0.2, 0.25) is 0 Å². The third kappa shape index (κ3) is 6.34. The van der Waals surface area contributed by atoms with E-state index in [1.54, 1.807) is 11.1 Å². The van der Waals surface area contributed by atoms with E-state index >= 15 is 0 Å². The van der Waals surface area contributed by atoms with Gasteiger partial charge in [0.15, 0.2) is 0 Å². The number of halogens is 3. The molecule has 1 aliphatic heterocycles. The van der Waals surface area contributed by atoms with Gasteiger partial charge in [0.05, 0.1) is 6.42 Å². The molecule has 1 aliphatic rings. The zero-order valence-corrected chi connectivity index (χ0v) is 14.9. The first kappa shape index (κ1) is 19.8. The number of aryl methyl sites for hydroxylation is 1. The smallest absolute Gasteiger partial charge is 0.342 e. The number of piperidine rings is 1. The van der Waals surface area contributed by atoms with E-state index in [9.17, 15) is 18.0 Å². The highest BCUT2D eigenvalue weighted by Crippen LogP contribution is 2.28. The van der Waals surface area contributed by atoms with E-state index in [1.807, 2.05) is 20.3 Å². The summed E-state index contributed by atoms with van der Waals surface area (Å²) in [6.07, 6.45) is 0.607. The van der Waals surface area contributed by atoms with Gasteiger partial charge in [-0.05, 0) is 39.9 Å². The molecule has 8 heteroatoms. The summed E-state index contributed by atoms with van der Waals surface area (Å²) in [5, 5.41) is 0. The van der Waals surface area contributed by atoms with E-state index in [-0.39, 0.29) is 5.92 Å². The maximum atomic E-state index is 12.3. The Morgan fingerprint density at radius 2 is 2.16 bits per heavy atom. The molecule has 1 aromatic heterocycles. The number of hydrogen-bond acceptors (Lipinski definition) is 3. The number of carbonyl (C=O) groups is 1. The van der Waals surface area contributed by atoms with Crippen LogP contribution in [0.5, 0.6) is 0 Å². The van der Waals surface area contributed by atoms with Crippen molar-refractivity contribution in [3.05, 3.63) is 18.2 Å². The Bertz CT molecular complexity index is 556. The van der Waals surface area contributed by atoms with Crippen LogP contribution < -0.4 is 0 Å². The lowest BCUT2D eigenvalue weighted by Gasteiger charge is -2.33. The van der Waals surface area contributed by atoms with Gasteiger partial charge in [-0.1, -0.05) is 0 Å². The molecule has 1 aromatic rings. The number of amides is 1. The van der Waals surface area contributed by atoms with E-state index in [4.69, 9.17) is 0 Å². The molecule has 5 nitrogen and oxygen atoms in total. The summed E-state index contributed by atoms with van der Waals surface area (Å²) in [6, 6.07) is 0. The van der Waals surface area contributed by atoms with Crippen LogP contribution in [0, 0.1) is 0 Å². The van der Waals surface area contributed by atoms with Gasteiger partial charge in [0.25, 0.3) is 0 Å². The van der Waals surface area contributed by atoms with Crippen molar-refractivity contribution in [1.82, 2.24) is 19.4 Å². The minimum atomic E-state index is -4.28. The molecular formula is C17H27F3N4O. The highest BCUT2D eigenvalue weighted by molar-refractivity contribution is 5.76. The molecule has 0 aromatic carbocycles. The zero-order chi connectivity index (χ0) is 18.4. The van der Waals surface area contributed by atoms with Gasteiger partial charge in [-0.2, -0.15) is 13.2 Å². The summed E-state index contributed by atoms with van der Waals surface area (Å²) < 4.78 is 39.1.